The lowest BCUT2D eigenvalue weighted by Crippen LogP contribution is -2.30. The minimum Gasteiger partial charge on any atom is -0.316 e. The Bertz CT molecular complexity index is 155. The summed E-state index contributed by atoms with van der Waals surface area (Å²) in [4.78, 5) is 0. The summed E-state index contributed by atoms with van der Waals surface area (Å²) >= 11 is 0. The summed E-state index contributed by atoms with van der Waals surface area (Å²) in [5, 5.41) is 3.43. The molecule has 2 saturated carbocycles. The van der Waals surface area contributed by atoms with Gasteiger partial charge in [-0.25, -0.2) is 0 Å². The molecule has 10 heavy (non-hydrogen) atoms. The number of hydrogen-bond acceptors (Lipinski definition) is 1. The second kappa shape index (κ2) is 1.76. The number of nitrogens with one attached hydrogen (secondary N) is 1. The van der Waals surface area contributed by atoms with E-state index in [1.54, 1.807) is 0 Å². The minimum atomic E-state index is 0.689. The zero-order valence-electron chi connectivity index (χ0n) is 7.15. The highest BCUT2D eigenvalue weighted by Crippen LogP contribution is 2.65. The van der Waals surface area contributed by atoms with Crippen LogP contribution in [0.1, 0.15) is 26.7 Å². The van der Waals surface area contributed by atoms with Crippen molar-refractivity contribution in [2.45, 2.75) is 32.7 Å². The van der Waals surface area contributed by atoms with E-state index in [-0.39, 0.29) is 0 Å². The van der Waals surface area contributed by atoms with Crippen LogP contribution in [0, 0.1) is 17.3 Å². The van der Waals surface area contributed by atoms with Gasteiger partial charge in [-0.3, -0.25) is 0 Å². The number of hydrogen-bond donors (Lipinski definition) is 1. The molecule has 0 saturated heterocycles. The molecule has 2 aliphatic rings. The van der Waals surface area contributed by atoms with E-state index in [1.807, 2.05) is 0 Å². The molecule has 0 bridgehead atoms. The van der Waals surface area contributed by atoms with E-state index in [0.29, 0.717) is 5.41 Å². The van der Waals surface area contributed by atoms with E-state index in [4.69, 9.17) is 0 Å². The molecule has 0 aliphatic heterocycles. The summed E-state index contributed by atoms with van der Waals surface area (Å²) in [6.07, 6.45) is 2.87. The van der Waals surface area contributed by atoms with Gasteiger partial charge in [0, 0.05) is 6.04 Å². The highest BCUT2D eigenvalue weighted by molar-refractivity contribution is 5.13. The second-order valence-corrected chi connectivity index (χ2v) is 4.37. The second-order valence-electron chi connectivity index (χ2n) is 4.37. The van der Waals surface area contributed by atoms with Gasteiger partial charge in [-0.05, 0) is 37.1 Å². The van der Waals surface area contributed by atoms with Crippen molar-refractivity contribution in [2.75, 3.05) is 7.05 Å². The predicted molar refractivity (Wildman–Crippen MR) is 42.8 cm³/mol. The zero-order chi connectivity index (χ0) is 7.35. The van der Waals surface area contributed by atoms with Crippen molar-refractivity contribution in [3.05, 3.63) is 0 Å². The number of fused-ring (bicyclic) bond motifs is 1. The molecule has 4 atom stereocenters. The van der Waals surface area contributed by atoms with Crippen LogP contribution in [0.2, 0.25) is 0 Å². The maximum atomic E-state index is 3.43. The molecule has 2 aliphatic carbocycles. The maximum Gasteiger partial charge on any atom is 0.0123 e. The van der Waals surface area contributed by atoms with Crippen LogP contribution in [0.15, 0.2) is 0 Å². The van der Waals surface area contributed by atoms with Crippen LogP contribution in [0.3, 0.4) is 0 Å². The van der Waals surface area contributed by atoms with Gasteiger partial charge in [-0.1, -0.05) is 13.8 Å². The van der Waals surface area contributed by atoms with Gasteiger partial charge in [0.15, 0.2) is 0 Å². The minimum absolute atomic E-state index is 0.689. The molecule has 0 amide bonds. The molecule has 58 valence electrons. The molecule has 1 N–H and O–H groups in total. The van der Waals surface area contributed by atoms with Crippen molar-refractivity contribution in [3.63, 3.8) is 0 Å². The fourth-order valence-electron chi connectivity index (χ4n) is 2.92. The predicted octanol–water partition coefficient (Wildman–Crippen LogP) is 1.64. The van der Waals surface area contributed by atoms with Crippen molar-refractivity contribution < 1.29 is 0 Å². The monoisotopic (exact) mass is 139 g/mol. The molecule has 2 rings (SSSR count). The van der Waals surface area contributed by atoms with E-state index >= 15 is 0 Å². The first-order valence-electron chi connectivity index (χ1n) is 4.36. The summed E-state index contributed by atoms with van der Waals surface area (Å²) in [5.74, 6) is 2.02. The lowest BCUT2D eigenvalue weighted by atomic mass is 10.0. The van der Waals surface area contributed by atoms with Crippen molar-refractivity contribution in [1.82, 2.24) is 5.32 Å². The van der Waals surface area contributed by atoms with E-state index in [2.05, 4.69) is 26.2 Å². The Morgan fingerprint density at radius 1 is 1.50 bits per heavy atom. The molecule has 2 fully saturated rings. The van der Waals surface area contributed by atoms with Crippen LogP contribution in [0.4, 0.5) is 0 Å². The zero-order valence-corrected chi connectivity index (χ0v) is 7.15. The van der Waals surface area contributed by atoms with E-state index in [1.165, 1.54) is 12.8 Å². The van der Waals surface area contributed by atoms with E-state index in [0.717, 1.165) is 17.9 Å². The van der Waals surface area contributed by atoms with Crippen molar-refractivity contribution in [2.24, 2.45) is 17.3 Å². The van der Waals surface area contributed by atoms with E-state index < -0.39 is 0 Å². The Kier molecular flexibility index (Phi) is 1.17. The van der Waals surface area contributed by atoms with Crippen molar-refractivity contribution in [3.8, 4) is 0 Å². The highest BCUT2D eigenvalue weighted by Gasteiger charge is 2.61. The first kappa shape index (κ1) is 6.66. The van der Waals surface area contributed by atoms with Crippen molar-refractivity contribution >= 4 is 0 Å². The molecular weight excluding hydrogens is 122 g/mol. The lowest BCUT2D eigenvalue weighted by molar-refractivity contribution is 0.394. The van der Waals surface area contributed by atoms with Gasteiger partial charge in [-0.15, -0.1) is 0 Å². The normalized spacial score (nSPS) is 58.5. The first-order valence-corrected chi connectivity index (χ1v) is 4.36. The van der Waals surface area contributed by atoms with Gasteiger partial charge in [0.1, 0.15) is 0 Å². The van der Waals surface area contributed by atoms with Crippen LogP contribution in [-0.4, -0.2) is 13.1 Å². The Labute approximate surface area is 63.2 Å². The molecule has 0 heterocycles. The first-order chi connectivity index (χ1) is 4.68. The summed E-state index contributed by atoms with van der Waals surface area (Å²) in [5.41, 5.74) is 0.689. The average molecular weight is 139 g/mol. The van der Waals surface area contributed by atoms with Gasteiger partial charge in [-0.2, -0.15) is 0 Å². The van der Waals surface area contributed by atoms with Crippen LogP contribution >= 0.6 is 0 Å². The van der Waals surface area contributed by atoms with Gasteiger partial charge in [0.2, 0.25) is 0 Å². The average Bonchev–Trinajstić information content (AvgIpc) is 2.52. The fraction of sp³-hybridized carbons (Fsp3) is 1.00. The smallest absolute Gasteiger partial charge is 0.0123 e. The summed E-state index contributed by atoms with van der Waals surface area (Å²) < 4.78 is 0. The van der Waals surface area contributed by atoms with Crippen LogP contribution < -0.4 is 5.32 Å². The maximum absolute atomic E-state index is 3.43. The number of rotatable bonds is 1. The fourth-order valence-corrected chi connectivity index (χ4v) is 2.92. The van der Waals surface area contributed by atoms with Crippen LogP contribution in [-0.2, 0) is 0 Å². The third kappa shape index (κ3) is 0.619. The highest BCUT2D eigenvalue weighted by atomic mass is 14.9. The van der Waals surface area contributed by atoms with Gasteiger partial charge < -0.3 is 5.32 Å². The standard InChI is InChI=1S/C9H17N/c1-6-4-8(10-3)9(2)5-7(6)9/h6-8,10H,4-5H2,1-3H3. The molecule has 0 aromatic rings. The third-order valence-corrected chi connectivity index (χ3v) is 3.79. The molecule has 0 aromatic carbocycles. The van der Waals surface area contributed by atoms with Gasteiger partial charge in [0.25, 0.3) is 0 Å². The van der Waals surface area contributed by atoms with Gasteiger partial charge in [0.05, 0.1) is 0 Å². The lowest BCUT2D eigenvalue weighted by Gasteiger charge is -2.17. The van der Waals surface area contributed by atoms with Crippen LogP contribution in [0.5, 0.6) is 0 Å². The molecule has 1 heteroatoms. The Morgan fingerprint density at radius 3 is 2.40 bits per heavy atom. The van der Waals surface area contributed by atoms with Crippen molar-refractivity contribution in [1.29, 1.82) is 0 Å². The summed E-state index contributed by atoms with van der Waals surface area (Å²) in [6, 6.07) is 0.812. The molecule has 4 unspecified atom stereocenters. The summed E-state index contributed by atoms with van der Waals surface area (Å²) in [6.45, 7) is 4.83. The molecular formula is C9H17N. The summed E-state index contributed by atoms with van der Waals surface area (Å²) in [7, 11) is 2.10. The molecule has 0 spiro atoms. The largest absolute Gasteiger partial charge is 0.316 e. The topological polar surface area (TPSA) is 12.0 Å². The Morgan fingerprint density at radius 2 is 2.20 bits per heavy atom. The third-order valence-electron chi connectivity index (χ3n) is 3.79. The SMILES string of the molecule is CNC1CC(C)C2CC12C. The Balaban J connectivity index is 2.12. The van der Waals surface area contributed by atoms with E-state index in [9.17, 15) is 0 Å². The molecule has 1 nitrogen and oxygen atoms in total. The molecule has 0 radical (unpaired) electrons. The molecule has 0 aromatic heterocycles. The van der Waals surface area contributed by atoms with Gasteiger partial charge >= 0.3 is 0 Å². The van der Waals surface area contributed by atoms with Crippen LogP contribution in [0.25, 0.3) is 0 Å². The quantitative estimate of drug-likeness (QED) is 0.582. The Hall–Kier alpha value is -0.0400.